The van der Waals surface area contributed by atoms with Gasteiger partial charge in [-0.3, -0.25) is 9.78 Å². The molecule has 1 aromatic heterocycles. The maximum atomic E-state index is 12.9. The van der Waals surface area contributed by atoms with E-state index >= 15 is 0 Å². The predicted molar refractivity (Wildman–Crippen MR) is 111 cm³/mol. The van der Waals surface area contributed by atoms with E-state index in [9.17, 15) is 9.59 Å². The van der Waals surface area contributed by atoms with E-state index < -0.39 is 11.1 Å². The second-order valence-corrected chi connectivity index (χ2v) is 9.77. The van der Waals surface area contributed by atoms with Gasteiger partial charge in [0.2, 0.25) is 5.91 Å². The zero-order valence-corrected chi connectivity index (χ0v) is 17.7. The first kappa shape index (κ1) is 19.7. The standard InChI is InChI=1S/C23H29N3O3/c1-22(2,3)29-21(28)26-12-16-17(13-26)19(16)20(27)25-23(4,5)18-10-14-8-6-7-9-15(14)11-24-18/h6-11,16-17,19H,12-13H2,1-5H3,(H,25,27)/t16-,17+,19?. The van der Waals surface area contributed by atoms with E-state index in [1.54, 1.807) is 4.90 Å². The third kappa shape index (κ3) is 3.93. The minimum absolute atomic E-state index is 0.0339. The Morgan fingerprint density at radius 2 is 1.69 bits per heavy atom. The molecular weight excluding hydrogens is 366 g/mol. The zero-order valence-electron chi connectivity index (χ0n) is 17.7. The molecule has 1 unspecified atom stereocenters. The van der Waals surface area contributed by atoms with E-state index in [0.717, 1.165) is 16.5 Å². The molecule has 6 nitrogen and oxygen atoms in total. The number of hydrogen-bond acceptors (Lipinski definition) is 4. The Bertz CT molecular complexity index is 951. The third-order valence-electron chi connectivity index (χ3n) is 5.86. The fourth-order valence-corrected chi connectivity index (χ4v) is 4.27. The smallest absolute Gasteiger partial charge is 0.410 e. The quantitative estimate of drug-likeness (QED) is 0.860. The Hall–Kier alpha value is -2.63. The number of nitrogens with zero attached hydrogens (tertiary/aromatic N) is 2. The number of hydrogen-bond donors (Lipinski definition) is 1. The number of fused-ring (bicyclic) bond motifs is 2. The number of benzene rings is 1. The van der Waals surface area contributed by atoms with Crippen LogP contribution in [0.15, 0.2) is 36.5 Å². The highest BCUT2D eigenvalue weighted by Crippen LogP contribution is 2.52. The summed E-state index contributed by atoms with van der Waals surface area (Å²) in [6.07, 6.45) is 1.56. The molecular formula is C23H29N3O3. The lowest BCUT2D eigenvalue weighted by molar-refractivity contribution is -0.125. The van der Waals surface area contributed by atoms with Gasteiger partial charge in [-0.2, -0.15) is 0 Å². The van der Waals surface area contributed by atoms with E-state index in [1.165, 1.54) is 0 Å². The molecule has 2 aromatic rings. The molecule has 1 aromatic carbocycles. The van der Waals surface area contributed by atoms with E-state index in [-0.39, 0.29) is 29.8 Å². The molecule has 2 heterocycles. The minimum atomic E-state index is -0.567. The van der Waals surface area contributed by atoms with E-state index in [1.807, 2.05) is 65.1 Å². The van der Waals surface area contributed by atoms with Crippen LogP contribution in [0.3, 0.4) is 0 Å². The van der Waals surface area contributed by atoms with E-state index in [0.29, 0.717) is 13.1 Å². The highest BCUT2D eigenvalue weighted by Gasteiger charge is 2.61. The maximum absolute atomic E-state index is 12.9. The maximum Gasteiger partial charge on any atom is 0.410 e. The van der Waals surface area contributed by atoms with E-state index in [2.05, 4.69) is 16.4 Å². The van der Waals surface area contributed by atoms with Gasteiger partial charge < -0.3 is 15.0 Å². The topological polar surface area (TPSA) is 71.5 Å². The lowest BCUT2D eigenvalue weighted by Gasteiger charge is -2.28. The Morgan fingerprint density at radius 1 is 1.07 bits per heavy atom. The van der Waals surface area contributed by atoms with Crippen molar-refractivity contribution in [1.82, 2.24) is 15.2 Å². The first-order valence-electron chi connectivity index (χ1n) is 10.2. The van der Waals surface area contributed by atoms with Crippen molar-refractivity contribution in [1.29, 1.82) is 0 Å². The molecule has 1 N–H and O–H groups in total. The van der Waals surface area contributed by atoms with Gasteiger partial charge in [0.15, 0.2) is 0 Å². The van der Waals surface area contributed by atoms with Gasteiger partial charge in [-0.25, -0.2) is 4.79 Å². The van der Waals surface area contributed by atoms with Crippen LogP contribution in [0.25, 0.3) is 10.8 Å². The lowest BCUT2D eigenvalue weighted by atomic mass is 9.97. The molecule has 154 valence electrons. The summed E-state index contributed by atoms with van der Waals surface area (Å²) < 4.78 is 5.44. The highest BCUT2D eigenvalue weighted by atomic mass is 16.6. The summed E-state index contributed by atoms with van der Waals surface area (Å²) in [5.74, 6) is 0.461. The van der Waals surface area contributed by atoms with Gasteiger partial charge in [-0.15, -0.1) is 0 Å². The summed E-state index contributed by atoms with van der Waals surface area (Å²) in [6, 6.07) is 10.1. The van der Waals surface area contributed by atoms with Gasteiger partial charge >= 0.3 is 6.09 Å². The molecule has 2 aliphatic rings. The van der Waals surface area contributed by atoms with Crippen LogP contribution in [0, 0.1) is 17.8 Å². The van der Waals surface area contributed by atoms with Crippen LogP contribution in [0.1, 0.15) is 40.3 Å². The second kappa shape index (κ2) is 6.71. The van der Waals surface area contributed by atoms with Gasteiger partial charge in [0.25, 0.3) is 0 Å². The molecule has 6 heteroatoms. The monoisotopic (exact) mass is 395 g/mol. The van der Waals surface area contributed by atoms with Crippen LogP contribution < -0.4 is 5.32 Å². The summed E-state index contributed by atoms with van der Waals surface area (Å²) >= 11 is 0. The van der Waals surface area contributed by atoms with Crippen LogP contribution in [-0.4, -0.2) is 40.6 Å². The Morgan fingerprint density at radius 3 is 2.31 bits per heavy atom. The number of aromatic nitrogens is 1. The number of pyridine rings is 1. The van der Waals surface area contributed by atoms with Gasteiger partial charge in [-0.1, -0.05) is 24.3 Å². The largest absolute Gasteiger partial charge is 0.444 e. The Kier molecular flexibility index (Phi) is 4.56. The first-order valence-corrected chi connectivity index (χ1v) is 10.2. The summed E-state index contributed by atoms with van der Waals surface area (Å²) in [5.41, 5.74) is -0.230. The van der Waals surface area contributed by atoms with Gasteiger partial charge in [-0.05, 0) is 57.9 Å². The minimum Gasteiger partial charge on any atom is -0.444 e. The number of carbonyl (C=O) groups is 2. The molecule has 3 atom stereocenters. The SMILES string of the molecule is CC(C)(C)OC(=O)N1C[C@@H]2C(C(=O)NC(C)(C)c3cc4ccccc4cn3)[C@@H]2C1. The summed E-state index contributed by atoms with van der Waals surface area (Å²) in [4.78, 5) is 31.4. The van der Waals surface area contributed by atoms with Crippen LogP contribution >= 0.6 is 0 Å². The van der Waals surface area contributed by atoms with Crippen molar-refractivity contribution < 1.29 is 14.3 Å². The highest BCUT2D eigenvalue weighted by molar-refractivity contribution is 5.85. The summed E-state index contributed by atoms with van der Waals surface area (Å²) in [5, 5.41) is 5.36. The second-order valence-electron chi connectivity index (χ2n) is 9.77. The number of amides is 2. The first-order chi connectivity index (χ1) is 13.5. The van der Waals surface area contributed by atoms with Crippen molar-refractivity contribution in [3.63, 3.8) is 0 Å². The number of rotatable bonds is 3. The van der Waals surface area contributed by atoms with Crippen molar-refractivity contribution in [2.24, 2.45) is 17.8 Å². The Labute approximate surface area is 171 Å². The fraction of sp³-hybridized carbons (Fsp3) is 0.522. The zero-order chi connectivity index (χ0) is 21.0. The Balaban J connectivity index is 1.37. The number of piperidine rings is 1. The van der Waals surface area contributed by atoms with Crippen LogP contribution in [0.5, 0.6) is 0 Å². The van der Waals surface area contributed by atoms with Crippen LogP contribution in [0.4, 0.5) is 4.79 Å². The normalized spacial score (nSPS) is 23.6. The molecule has 2 amide bonds. The number of carbonyl (C=O) groups excluding carboxylic acids is 2. The third-order valence-corrected chi connectivity index (χ3v) is 5.86. The average Bonchev–Trinajstić information content (AvgIpc) is 3.14. The molecule has 1 aliphatic carbocycles. The molecule has 1 saturated heterocycles. The lowest BCUT2D eigenvalue weighted by Crippen LogP contribution is -2.44. The molecule has 1 saturated carbocycles. The van der Waals surface area contributed by atoms with Crippen LogP contribution in [-0.2, 0) is 15.1 Å². The molecule has 0 radical (unpaired) electrons. The number of nitrogens with one attached hydrogen (secondary N) is 1. The van der Waals surface area contributed by atoms with E-state index in [4.69, 9.17) is 4.74 Å². The van der Waals surface area contributed by atoms with Crippen molar-refractivity contribution in [2.75, 3.05) is 13.1 Å². The summed E-state index contributed by atoms with van der Waals surface area (Å²) in [6.45, 7) is 10.7. The molecule has 0 spiro atoms. The predicted octanol–water partition coefficient (Wildman–Crippen LogP) is 3.70. The van der Waals surface area contributed by atoms with Crippen molar-refractivity contribution in [3.05, 3.63) is 42.2 Å². The van der Waals surface area contributed by atoms with Crippen LogP contribution in [0.2, 0.25) is 0 Å². The van der Waals surface area contributed by atoms with Crippen molar-refractivity contribution in [2.45, 2.75) is 45.8 Å². The van der Waals surface area contributed by atoms with Crippen molar-refractivity contribution >= 4 is 22.8 Å². The van der Waals surface area contributed by atoms with Gasteiger partial charge in [0.1, 0.15) is 5.60 Å². The molecule has 4 rings (SSSR count). The van der Waals surface area contributed by atoms with Gasteiger partial charge in [0, 0.05) is 30.6 Å². The fourth-order valence-electron chi connectivity index (χ4n) is 4.27. The molecule has 0 bridgehead atoms. The van der Waals surface area contributed by atoms with Crippen molar-refractivity contribution in [3.8, 4) is 0 Å². The summed E-state index contributed by atoms with van der Waals surface area (Å²) in [7, 11) is 0. The molecule has 2 fully saturated rings. The number of likely N-dealkylation sites (tertiary alicyclic amines) is 1. The average molecular weight is 396 g/mol. The number of ether oxygens (including phenoxy) is 1. The van der Waals surface area contributed by atoms with Gasteiger partial charge in [0.05, 0.1) is 11.2 Å². The molecule has 1 aliphatic heterocycles. The molecule has 29 heavy (non-hydrogen) atoms.